The SMILES string of the molecule is O=C(c1cccc(C(F)(F)F)c1F)N1CC[C@@H]2CCCC[C@@H]21. The van der Waals surface area contributed by atoms with E-state index in [9.17, 15) is 22.4 Å². The summed E-state index contributed by atoms with van der Waals surface area (Å²) in [6.07, 6.45) is 0.101. The van der Waals surface area contributed by atoms with Gasteiger partial charge in [0.1, 0.15) is 5.82 Å². The fourth-order valence-corrected chi connectivity index (χ4v) is 3.73. The molecular weight excluding hydrogens is 298 g/mol. The van der Waals surface area contributed by atoms with Crippen molar-refractivity contribution in [1.29, 1.82) is 0 Å². The van der Waals surface area contributed by atoms with Crippen molar-refractivity contribution >= 4 is 5.91 Å². The number of benzene rings is 1. The van der Waals surface area contributed by atoms with Gasteiger partial charge in [-0.25, -0.2) is 4.39 Å². The number of fused-ring (bicyclic) bond motifs is 1. The van der Waals surface area contributed by atoms with Gasteiger partial charge in [0.2, 0.25) is 0 Å². The van der Waals surface area contributed by atoms with Crippen molar-refractivity contribution in [2.45, 2.75) is 44.3 Å². The zero-order chi connectivity index (χ0) is 15.9. The summed E-state index contributed by atoms with van der Waals surface area (Å²) in [6.45, 7) is 0.504. The number of alkyl halides is 3. The third-order valence-corrected chi connectivity index (χ3v) is 4.81. The minimum Gasteiger partial charge on any atom is -0.335 e. The Morgan fingerprint density at radius 2 is 1.86 bits per heavy atom. The van der Waals surface area contributed by atoms with E-state index in [0.29, 0.717) is 18.5 Å². The Balaban J connectivity index is 1.90. The molecule has 0 N–H and O–H groups in total. The van der Waals surface area contributed by atoms with Gasteiger partial charge >= 0.3 is 6.18 Å². The Kier molecular flexibility index (Phi) is 3.87. The fraction of sp³-hybridized carbons (Fsp3) is 0.562. The molecule has 1 amide bonds. The topological polar surface area (TPSA) is 20.3 Å². The molecule has 2 fully saturated rings. The predicted octanol–water partition coefficient (Wildman–Crippen LogP) is 4.25. The van der Waals surface area contributed by atoms with Crippen LogP contribution in [-0.2, 0) is 6.18 Å². The van der Waals surface area contributed by atoms with Crippen LogP contribution >= 0.6 is 0 Å². The molecule has 22 heavy (non-hydrogen) atoms. The predicted molar refractivity (Wildman–Crippen MR) is 72.8 cm³/mol. The lowest BCUT2D eigenvalue weighted by Crippen LogP contribution is -2.39. The lowest BCUT2D eigenvalue weighted by atomic mass is 9.85. The average Bonchev–Trinajstić information content (AvgIpc) is 2.89. The molecule has 0 bridgehead atoms. The molecule has 1 heterocycles. The lowest BCUT2D eigenvalue weighted by molar-refractivity contribution is -0.140. The molecule has 0 spiro atoms. The molecule has 0 unspecified atom stereocenters. The first-order valence-corrected chi connectivity index (χ1v) is 7.56. The molecule has 1 aromatic rings. The van der Waals surface area contributed by atoms with E-state index < -0.39 is 29.0 Å². The molecule has 0 aromatic heterocycles. The maximum atomic E-state index is 14.1. The molecule has 6 heteroatoms. The van der Waals surface area contributed by atoms with Crippen LogP contribution in [0.15, 0.2) is 18.2 Å². The highest BCUT2D eigenvalue weighted by Gasteiger charge is 2.41. The van der Waals surface area contributed by atoms with Gasteiger partial charge in [-0.2, -0.15) is 13.2 Å². The maximum absolute atomic E-state index is 14.1. The van der Waals surface area contributed by atoms with E-state index in [1.807, 2.05) is 0 Å². The Morgan fingerprint density at radius 3 is 2.59 bits per heavy atom. The van der Waals surface area contributed by atoms with Crippen LogP contribution in [0.5, 0.6) is 0 Å². The summed E-state index contributed by atoms with van der Waals surface area (Å²) in [5, 5.41) is 0. The van der Waals surface area contributed by atoms with Crippen LogP contribution in [0.4, 0.5) is 17.6 Å². The van der Waals surface area contributed by atoms with Crippen LogP contribution in [0.3, 0.4) is 0 Å². The molecule has 1 aliphatic carbocycles. The van der Waals surface area contributed by atoms with Crippen LogP contribution in [0.2, 0.25) is 0 Å². The van der Waals surface area contributed by atoms with E-state index in [4.69, 9.17) is 0 Å². The van der Waals surface area contributed by atoms with Crippen LogP contribution in [0.1, 0.15) is 48.0 Å². The molecule has 120 valence electrons. The van der Waals surface area contributed by atoms with Gasteiger partial charge in [0.05, 0.1) is 11.1 Å². The highest BCUT2D eigenvalue weighted by Crippen LogP contribution is 2.38. The van der Waals surface area contributed by atoms with E-state index in [0.717, 1.165) is 44.2 Å². The largest absolute Gasteiger partial charge is 0.419 e. The van der Waals surface area contributed by atoms with E-state index in [2.05, 4.69) is 0 Å². The number of halogens is 4. The molecule has 2 atom stereocenters. The quantitative estimate of drug-likeness (QED) is 0.710. The zero-order valence-corrected chi connectivity index (χ0v) is 12.0. The van der Waals surface area contributed by atoms with Gasteiger partial charge in [0.15, 0.2) is 0 Å². The number of nitrogens with zero attached hydrogens (tertiary/aromatic N) is 1. The standard InChI is InChI=1S/C16H17F4NO/c17-14-11(5-3-6-12(14)16(18,19)20)15(22)21-9-8-10-4-1-2-7-13(10)21/h3,5-6,10,13H,1-2,4,7-9H2/t10-,13-/m0/s1. The van der Waals surface area contributed by atoms with Crippen molar-refractivity contribution in [3.63, 3.8) is 0 Å². The Labute approximate surface area is 126 Å². The molecule has 1 aliphatic heterocycles. The van der Waals surface area contributed by atoms with Crippen molar-refractivity contribution in [2.24, 2.45) is 5.92 Å². The van der Waals surface area contributed by atoms with Crippen LogP contribution in [-0.4, -0.2) is 23.4 Å². The first-order valence-electron chi connectivity index (χ1n) is 7.56. The number of carbonyl (C=O) groups excluding carboxylic acids is 1. The summed E-state index contributed by atoms with van der Waals surface area (Å²) in [7, 11) is 0. The van der Waals surface area contributed by atoms with Gasteiger partial charge in [-0.3, -0.25) is 4.79 Å². The second-order valence-corrected chi connectivity index (χ2v) is 6.06. The van der Waals surface area contributed by atoms with E-state index in [1.165, 1.54) is 0 Å². The summed E-state index contributed by atoms with van der Waals surface area (Å²) in [5.41, 5.74) is -1.85. The Morgan fingerprint density at radius 1 is 1.14 bits per heavy atom. The second-order valence-electron chi connectivity index (χ2n) is 6.06. The summed E-state index contributed by atoms with van der Waals surface area (Å²) in [4.78, 5) is 14.1. The van der Waals surface area contributed by atoms with Gasteiger partial charge in [-0.05, 0) is 37.3 Å². The molecule has 1 saturated carbocycles. The highest BCUT2D eigenvalue weighted by atomic mass is 19.4. The third-order valence-electron chi connectivity index (χ3n) is 4.81. The molecule has 1 aromatic carbocycles. The molecular formula is C16H17F4NO. The van der Waals surface area contributed by atoms with Crippen LogP contribution in [0.25, 0.3) is 0 Å². The maximum Gasteiger partial charge on any atom is 0.419 e. The van der Waals surface area contributed by atoms with Gasteiger partial charge in [-0.15, -0.1) is 0 Å². The highest BCUT2D eigenvalue weighted by molar-refractivity contribution is 5.95. The fourth-order valence-electron chi connectivity index (χ4n) is 3.73. The first-order chi connectivity index (χ1) is 10.4. The summed E-state index contributed by atoms with van der Waals surface area (Å²) < 4.78 is 52.4. The molecule has 3 rings (SSSR count). The van der Waals surface area contributed by atoms with Gasteiger partial charge in [0.25, 0.3) is 5.91 Å². The molecule has 0 radical (unpaired) electrons. The van der Waals surface area contributed by atoms with E-state index >= 15 is 0 Å². The smallest absolute Gasteiger partial charge is 0.335 e. The van der Waals surface area contributed by atoms with Gasteiger partial charge in [-0.1, -0.05) is 18.9 Å². The van der Waals surface area contributed by atoms with E-state index in [-0.39, 0.29) is 6.04 Å². The first kappa shape index (κ1) is 15.3. The van der Waals surface area contributed by atoms with Crippen LogP contribution < -0.4 is 0 Å². The average molecular weight is 315 g/mol. The summed E-state index contributed by atoms with van der Waals surface area (Å²) >= 11 is 0. The number of hydrogen-bond acceptors (Lipinski definition) is 1. The summed E-state index contributed by atoms with van der Waals surface area (Å²) in [5.74, 6) is -1.66. The van der Waals surface area contributed by atoms with Crippen molar-refractivity contribution < 1.29 is 22.4 Å². The number of carbonyl (C=O) groups is 1. The molecule has 1 saturated heterocycles. The van der Waals surface area contributed by atoms with Crippen LogP contribution in [0, 0.1) is 11.7 Å². The molecule has 2 nitrogen and oxygen atoms in total. The minimum absolute atomic E-state index is 0.0511. The van der Waals surface area contributed by atoms with Crippen molar-refractivity contribution in [2.75, 3.05) is 6.54 Å². The normalized spacial score (nSPS) is 25.2. The van der Waals surface area contributed by atoms with Crippen molar-refractivity contribution in [1.82, 2.24) is 4.90 Å². The van der Waals surface area contributed by atoms with E-state index in [1.54, 1.807) is 4.90 Å². The van der Waals surface area contributed by atoms with Crippen molar-refractivity contribution in [3.8, 4) is 0 Å². The van der Waals surface area contributed by atoms with Gasteiger partial charge in [0, 0.05) is 12.6 Å². The molecule has 2 aliphatic rings. The Bertz CT molecular complexity index is 584. The summed E-state index contributed by atoms with van der Waals surface area (Å²) in [6, 6.07) is 2.95. The lowest BCUT2D eigenvalue weighted by Gasteiger charge is -2.31. The monoisotopic (exact) mass is 315 g/mol. The zero-order valence-electron chi connectivity index (χ0n) is 12.0. The second kappa shape index (κ2) is 5.56. The number of likely N-dealkylation sites (tertiary alicyclic amines) is 1. The van der Waals surface area contributed by atoms with Gasteiger partial charge < -0.3 is 4.90 Å². The van der Waals surface area contributed by atoms with Crippen molar-refractivity contribution in [3.05, 3.63) is 35.1 Å². The number of rotatable bonds is 1. The third kappa shape index (κ3) is 2.59. The number of amides is 1. The number of hydrogen-bond donors (Lipinski definition) is 0. The minimum atomic E-state index is -4.79. The Hall–Kier alpha value is -1.59.